The van der Waals surface area contributed by atoms with E-state index in [4.69, 9.17) is 5.73 Å². The van der Waals surface area contributed by atoms with E-state index in [0.29, 0.717) is 0 Å². The summed E-state index contributed by atoms with van der Waals surface area (Å²) in [5, 5.41) is 0. The van der Waals surface area contributed by atoms with Gasteiger partial charge in [-0.2, -0.15) is 8.42 Å². The molecule has 5 nitrogen and oxygen atoms in total. The van der Waals surface area contributed by atoms with Crippen molar-refractivity contribution in [3.05, 3.63) is 59.7 Å². The molecule has 2 aromatic rings. The van der Waals surface area contributed by atoms with Crippen LogP contribution in [-0.4, -0.2) is 14.3 Å². The highest BCUT2D eigenvalue weighted by Crippen LogP contribution is 2.25. The topological polar surface area (TPSA) is 86.5 Å². The van der Waals surface area contributed by atoms with E-state index in [1.807, 2.05) is 0 Å². The number of benzene rings is 2. The van der Waals surface area contributed by atoms with Crippen LogP contribution in [0, 0.1) is 11.6 Å². The van der Waals surface area contributed by atoms with Crippen molar-refractivity contribution in [1.82, 2.24) is 0 Å². The second kappa shape index (κ2) is 5.49. The van der Waals surface area contributed by atoms with Crippen LogP contribution in [0.15, 0.2) is 47.4 Å². The van der Waals surface area contributed by atoms with Gasteiger partial charge in [-0.25, -0.2) is 8.78 Å². The smallest absolute Gasteiger partial charge is 0.345 e. The fourth-order valence-corrected chi connectivity index (χ4v) is 2.70. The maximum absolute atomic E-state index is 13.5. The van der Waals surface area contributed by atoms with E-state index in [1.165, 1.54) is 18.2 Å². The standard InChI is InChI=1S/C13H9F2NO4S/c14-9-5-3-6-10(15)12(9)21(18,19)20-11-7-2-1-4-8(11)13(16)17/h1-7H,(H2,16,17). The van der Waals surface area contributed by atoms with E-state index >= 15 is 0 Å². The van der Waals surface area contributed by atoms with Crippen molar-refractivity contribution in [3.8, 4) is 5.75 Å². The molecule has 0 unspecified atom stereocenters. The Balaban J connectivity index is 2.51. The Kier molecular flexibility index (Phi) is 3.90. The van der Waals surface area contributed by atoms with Gasteiger partial charge < -0.3 is 9.92 Å². The van der Waals surface area contributed by atoms with Crippen LogP contribution < -0.4 is 9.92 Å². The van der Waals surface area contributed by atoms with Crippen molar-refractivity contribution < 1.29 is 26.2 Å². The van der Waals surface area contributed by atoms with E-state index in [1.54, 1.807) is 0 Å². The summed E-state index contributed by atoms with van der Waals surface area (Å²) in [5.41, 5.74) is 4.85. The molecule has 8 heteroatoms. The molecule has 110 valence electrons. The number of primary amides is 1. The number of carbonyl (C=O) groups excluding carboxylic acids is 1. The number of hydrogen-bond donors (Lipinski definition) is 1. The van der Waals surface area contributed by atoms with Crippen LogP contribution in [0.25, 0.3) is 0 Å². The number of hydrogen-bond acceptors (Lipinski definition) is 4. The SMILES string of the molecule is NC(=O)c1ccccc1OS(=O)(=O)c1c(F)cccc1F. The van der Waals surface area contributed by atoms with Crippen LogP contribution in [0.4, 0.5) is 8.78 Å². The van der Waals surface area contributed by atoms with E-state index < -0.39 is 38.3 Å². The Labute approximate surface area is 119 Å². The van der Waals surface area contributed by atoms with Crippen LogP contribution in [0.1, 0.15) is 10.4 Å². The van der Waals surface area contributed by atoms with Gasteiger partial charge in [-0.1, -0.05) is 18.2 Å². The molecule has 0 heterocycles. The van der Waals surface area contributed by atoms with Crippen LogP contribution >= 0.6 is 0 Å². The van der Waals surface area contributed by atoms with Crippen molar-refractivity contribution in [3.63, 3.8) is 0 Å². The molecule has 21 heavy (non-hydrogen) atoms. The first kappa shape index (κ1) is 14.9. The van der Waals surface area contributed by atoms with Crippen molar-refractivity contribution >= 4 is 16.0 Å². The molecule has 0 aliphatic rings. The fourth-order valence-electron chi connectivity index (χ4n) is 1.62. The zero-order valence-electron chi connectivity index (χ0n) is 10.4. The van der Waals surface area contributed by atoms with Gasteiger partial charge in [0.1, 0.15) is 11.6 Å². The van der Waals surface area contributed by atoms with Gasteiger partial charge in [0.15, 0.2) is 10.6 Å². The Hall–Kier alpha value is -2.48. The van der Waals surface area contributed by atoms with Crippen molar-refractivity contribution in [1.29, 1.82) is 0 Å². The summed E-state index contributed by atoms with van der Waals surface area (Å²) in [7, 11) is -4.79. The number of rotatable bonds is 4. The summed E-state index contributed by atoms with van der Waals surface area (Å²) < 4.78 is 55.6. The second-order valence-corrected chi connectivity index (χ2v) is 5.43. The molecule has 1 amide bonds. The minimum atomic E-state index is -4.79. The highest BCUT2D eigenvalue weighted by atomic mass is 32.2. The predicted molar refractivity (Wildman–Crippen MR) is 69.1 cm³/mol. The molecule has 0 aliphatic heterocycles. The average Bonchev–Trinajstić information content (AvgIpc) is 2.37. The summed E-state index contributed by atoms with van der Waals surface area (Å²) in [6.45, 7) is 0. The van der Waals surface area contributed by atoms with E-state index in [9.17, 15) is 22.0 Å². The van der Waals surface area contributed by atoms with Crippen LogP contribution in [-0.2, 0) is 10.1 Å². The molecule has 0 aromatic heterocycles. The quantitative estimate of drug-likeness (QED) is 0.873. The molecule has 0 fully saturated rings. The molecule has 2 rings (SSSR count). The van der Waals surface area contributed by atoms with Gasteiger partial charge in [0.05, 0.1) is 5.56 Å². The molecule has 0 saturated carbocycles. The van der Waals surface area contributed by atoms with Gasteiger partial charge in [-0.3, -0.25) is 4.79 Å². The Bertz CT molecular complexity index is 785. The normalized spacial score (nSPS) is 11.1. The lowest BCUT2D eigenvalue weighted by atomic mass is 10.2. The maximum Gasteiger partial charge on any atom is 0.345 e. The van der Waals surface area contributed by atoms with Gasteiger partial charge in [0, 0.05) is 0 Å². The van der Waals surface area contributed by atoms with E-state index in [0.717, 1.165) is 24.3 Å². The van der Waals surface area contributed by atoms with Crippen molar-refractivity contribution in [2.24, 2.45) is 5.73 Å². The van der Waals surface area contributed by atoms with E-state index in [-0.39, 0.29) is 5.56 Å². The summed E-state index contributed by atoms with van der Waals surface area (Å²) in [4.78, 5) is 9.95. The third-order valence-electron chi connectivity index (χ3n) is 2.52. The highest BCUT2D eigenvalue weighted by Gasteiger charge is 2.27. The molecular formula is C13H9F2NO4S. The monoisotopic (exact) mass is 313 g/mol. The molecule has 0 aliphatic carbocycles. The zero-order valence-corrected chi connectivity index (χ0v) is 11.2. The molecular weight excluding hydrogens is 304 g/mol. The molecule has 0 spiro atoms. The zero-order chi connectivity index (χ0) is 15.6. The lowest BCUT2D eigenvalue weighted by Gasteiger charge is -2.10. The summed E-state index contributed by atoms with van der Waals surface area (Å²) in [5.74, 6) is -3.94. The lowest BCUT2D eigenvalue weighted by Crippen LogP contribution is -2.18. The van der Waals surface area contributed by atoms with Crippen LogP contribution in [0.2, 0.25) is 0 Å². The van der Waals surface area contributed by atoms with Gasteiger partial charge >= 0.3 is 10.1 Å². The highest BCUT2D eigenvalue weighted by molar-refractivity contribution is 7.87. The lowest BCUT2D eigenvalue weighted by molar-refractivity contribution is 0.0999. The molecule has 0 bridgehead atoms. The van der Waals surface area contributed by atoms with Crippen molar-refractivity contribution in [2.75, 3.05) is 0 Å². The third kappa shape index (κ3) is 3.00. The molecule has 2 aromatic carbocycles. The van der Waals surface area contributed by atoms with E-state index in [2.05, 4.69) is 4.18 Å². The average molecular weight is 313 g/mol. The third-order valence-corrected chi connectivity index (χ3v) is 3.81. The molecule has 0 saturated heterocycles. The van der Waals surface area contributed by atoms with Crippen LogP contribution in [0.3, 0.4) is 0 Å². The first-order valence-electron chi connectivity index (χ1n) is 5.60. The number of carbonyl (C=O) groups is 1. The Morgan fingerprint density at radius 3 is 2.14 bits per heavy atom. The Morgan fingerprint density at radius 1 is 1.00 bits per heavy atom. The number of para-hydroxylation sites is 1. The van der Waals surface area contributed by atoms with Gasteiger partial charge in [-0.05, 0) is 24.3 Å². The maximum atomic E-state index is 13.5. The fraction of sp³-hybridized carbons (Fsp3) is 0. The van der Waals surface area contributed by atoms with Gasteiger partial charge in [0.2, 0.25) is 0 Å². The number of halogens is 2. The second-order valence-electron chi connectivity index (χ2n) is 3.95. The number of amides is 1. The molecule has 0 atom stereocenters. The molecule has 2 N–H and O–H groups in total. The minimum absolute atomic E-state index is 0.224. The first-order valence-corrected chi connectivity index (χ1v) is 7.01. The predicted octanol–water partition coefficient (Wildman–Crippen LogP) is 1.83. The summed E-state index contributed by atoms with van der Waals surface area (Å²) in [6.07, 6.45) is 0. The van der Waals surface area contributed by atoms with Gasteiger partial charge in [-0.15, -0.1) is 0 Å². The first-order chi connectivity index (χ1) is 9.83. The van der Waals surface area contributed by atoms with Crippen molar-refractivity contribution in [2.45, 2.75) is 4.90 Å². The largest absolute Gasteiger partial charge is 0.378 e. The number of nitrogens with two attached hydrogens (primary N) is 1. The minimum Gasteiger partial charge on any atom is -0.378 e. The van der Waals surface area contributed by atoms with Gasteiger partial charge in [0.25, 0.3) is 5.91 Å². The Morgan fingerprint density at radius 2 is 1.57 bits per heavy atom. The van der Waals surface area contributed by atoms with Crippen LogP contribution in [0.5, 0.6) is 5.75 Å². The molecule has 0 radical (unpaired) electrons. The summed E-state index contributed by atoms with van der Waals surface area (Å²) in [6, 6.07) is 7.76. The summed E-state index contributed by atoms with van der Waals surface area (Å²) >= 11 is 0.